The van der Waals surface area contributed by atoms with Crippen molar-refractivity contribution in [2.24, 2.45) is 14.1 Å². The molecule has 3 heterocycles. The van der Waals surface area contributed by atoms with E-state index in [9.17, 15) is 14.0 Å². The maximum absolute atomic E-state index is 14.6. The molecule has 0 N–H and O–H groups in total. The zero-order valence-corrected chi connectivity index (χ0v) is 18.1. The van der Waals surface area contributed by atoms with Gasteiger partial charge < -0.3 is 4.57 Å². The Labute approximate surface area is 178 Å². The highest BCUT2D eigenvalue weighted by Gasteiger charge is 2.25. The van der Waals surface area contributed by atoms with Gasteiger partial charge in [0.25, 0.3) is 5.56 Å². The molecule has 0 aliphatic carbocycles. The van der Waals surface area contributed by atoms with Crippen molar-refractivity contribution in [1.29, 1.82) is 0 Å². The van der Waals surface area contributed by atoms with Crippen LogP contribution in [0.5, 0.6) is 0 Å². The second-order valence-corrected chi connectivity index (χ2v) is 8.41. The van der Waals surface area contributed by atoms with Gasteiger partial charge in [0.05, 0.1) is 13.1 Å². The molecule has 0 radical (unpaired) electrons. The molecule has 0 unspecified atom stereocenters. The predicted octanol–water partition coefficient (Wildman–Crippen LogP) is 2.65. The largest absolute Gasteiger partial charge is 0.332 e. The van der Waals surface area contributed by atoms with Crippen LogP contribution in [0.2, 0.25) is 5.02 Å². The van der Waals surface area contributed by atoms with Crippen molar-refractivity contribution >= 4 is 22.8 Å². The van der Waals surface area contributed by atoms with Crippen molar-refractivity contribution < 1.29 is 4.39 Å². The third-order valence-corrected chi connectivity index (χ3v) is 6.44. The number of aryl methyl sites for hydroxylation is 1. The van der Waals surface area contributed by atoms with E-state index < -0.39 is 17.1 Å². The van der Waals surface area contributed by atoms with Crippen LogP contribution in [0.4, 0.5) is 4.39 Å². The van der Waals surface area contributed by atoms with Gasteiger partial charge in [0.1, 0.15) is 11.6 Å². The van der Waals surface area contributed by atoms with E-state index in [0.29, 0.717) is 29.6 Å². The van der Waals surface area contributed by atoms with E-state index in [0.717, 1.165) is 24.0 Å². The first-order valence-corrected chi connectivity index (χ1v) is 10.5. The predicted molar refractivity (Wildman–Crippen MR) is 114 cm³/mol. The van der Waals surface area contributed by atoms with Crippen LogP contribution in [0.25, 0.3) is 11.2 Å². The van der Waals surface area contributed by atoms with Crippen molar-refractivity contribution in [3.63, 3.8) is 0 Å². The number of benzene rings is 1. The topological polar surface area (TPSA) is 65.1 Å². The van der Waals surface area contributed by atoms with Crippen LogP contribution in [-0.4, -0.2) is 36.2 Å². The summed E-state index contributed by atoms with van der Waals surface area (Å²) in [6, 6.07) is 4.90. The summed E-state index contributed by atoms with van der Waals surface area (Å²) in [5, 5.41) is 0.288. The molecular formula is C21H25ClFN5O2. The zero-order valence-electron chi connectivity index (χ0n) is 17.4. The molecule has 3 aromatic rings. The van der Waals surface area contributed by atoms with Gasteiger partial charge in [-0.1, -0.05) is 24.1 Å². The second kappa shape index (κ2) is 8.00. The first kappa shape index (κ1) is 20.8. The fourth-order valence-corrected chi connectivity index (χ4v) is 4.42. The van der Waals surface area contributed by atoms with Crippen LogP contribution in [-0.2, 0) is 27.2 Å². The lowest BCUT2D eigenvalue weighted by molar-refractivity contribution is 0.147. The van der Waals surface area contributed by atoms with Gasteiger partial charge in [-0.25, -0.2) is 14.2 Å². The Morgan fingerprint density at radius 1 is 1.17 bits per heavy atom. The Bertz CT molecular complexity index is 1210. The minimum absolute atomic E-state index is 0.0625. The number of hydrogen-bond donors (Lipinski definition) is 0. The lowest BCUT2D eigenvalue weighted by Gasteiger charge is -2.33. The fourth-order valence-electron chi connectivity index (χ4n) is 4.20. The molecule has 1 aromatic carbocycles. The lowest BCUT2D eigenvalue weighted by Crippen LogP contribution is -2.38. The van der Waals surface area contributed by atoms with Gasteiger partial charge in [-0.15, -0.1) is 0 Å². The van der Waals surface area contributed by atoms with E-state index in [1.54, 1.807) is 23.7 Å². The summed E-state index contributed by atoms with van der Waals surface area (Å²) in [6.45, 7) is 3.68. The van der Waals surface area contributed by atoms with Crippen LogP contribution < -0.4 is 11.2 Å². The molecule has 1 saturated heterocycles. The minimum Gasteiger partial charge on any atom is -0.316 e. The summed E-state index contributed by atoms with van der Waals surface area (Å²) >= 11 is 6.27. The Morgan fingerprint density at radius 2 is 1.93 bits per heavy atom. The second-order valence-electron chi connectivity index (χ2n) is 8.01. The van der Waals surface area contributed by atoms with Gasteiger partial charge in [-0.05, 0) is 38.4 Å². The van der Waals surface area contributed by atoms with Gasteiger partial charge in [0.15, 0.2) is 11.2 Å². The van der Waals surface area contributed by atoms with Crippen LogP contribution in [0.3, 0.4) is 0 Å². The molecule has 0 saturated carbocycles. The number of hydrogen-bond acceptors (Lipinski definition) is 4. The fraction of sp³-hybridized carbons (Fsp3) is 0.476. The smallest absolute Gasteiger partial charge is 0.316 e. The number of likely N-dealkylation sites (tertiary alicyclic amines) is 1. The maximum Gasteiger partial charge on any atom is 0.332 e. The number of fused-ring (bicyclic) bond motifs is 1. The monoisotopic (exact) mass is 433 g/mol. The van der Waals surface area contributed by atoms with Crippen LogP contribution in [0.15, 0.2) is 27.8 Å². The lowest BCUT2D eigenvalue weighted by atomic mass is 10.0. The summed E-state index contributed by atoms with van der Waals surface area (Å²) in [4.78, 5) is 32.4. The van der Waals surface area contributed by atoms with E-state index in [2.05, 4.69) is 16.8 Å². The number of rotatable bonds is 4. The molecule has 160 valence electrons. The Kier molecular flexibility index (Phi) is 5.55. The van der Waals surface area contributed by atoms with E-state index in [4.69, 9.17) is 11.6 Å². The average Bonchev–Trinajstić information content (AvgIpc) is 3.07. The third kappa shape index (κ3) is 3.48. The van der Waals surface area contributed by atoms with E-state index in [1.165, 1.54) is 24.1 Å². The van der Waals surface area contributed by atoms with E-state index in [1.807, 2.05) is 0 Å². The maximum atomic E-state index is 14.6. The molecular weight excluding hydrogens is 409 g/mol. The molecule has 9 heteroatoms. The molecule has 1 aliphatic heterocycles. The number of aromatic nitrogens is 4. The van der Waals surface area contributed by atoms with Crippen molar-refractivity contribution in [3.05, 3.63) is 61.3 Å². The van der Waals surface area contributed by atoms with Gasteiger partial charge in [0, 0.05) is 30.7 Å². The molecule has 0 amide bonds. The van der Waals surface area contributed by atoms with Crippen molar-refractivity contribution in [2.75, 3.05) is 6.54 Å². The van der Waals surface area contributed by atoms with Crippen molar-refractivity contribution in [1.82, 2.24) is 23.6 Å². The first-order valence-electron chi connectivity index (χ1n) is 10.1. The number of nitrogens with zero attached hydrogens (tertiary/aromatic N) is 5. The summed E-state index contributed by atoms with van der Waals surface area (Å²) in [5.41, 5.74) is -0.0268. The summed E-state index contributed by atoms with van der Waals surface area (Å²) in [6.07, 6.45) is 3.39. The van der Waals surface area contributed by atoms with Crippen LogP contribution in [0, 0.1) is 5.82 Å². The molecule has 0 bridgehead atoms. The standard InChI is InChI=1S/C21H25ClFN5O2/c1-13-7-4-5-10-27(13)12-17-24-19-18(20(29)26(3)21(30)25(19)2)28(17)11-14-15(22)8-6-9-16(14)23/h6,8-9,13H,4-5,7,10-12H2,1-3H3/t13-/m0/s1. The minimum atomic E-state index is -0.453. The summed E-state index contributed by atoms with van der Waals surface area (Å²) < 4.78 is 18.7. The summed E-state index contributed by atoms with van der Waals surface area (Å²) in [7, 11) is 3.02. The number of piperidine rings is 1. The molecule has 0 spiro atoms. The van der Waals surface area contributed by atoms with Crippen LogP contribution >= 0.6 is 11.6 Å². The highest BCUT2D eigenvalue weighted by atomic mass is 35.5. The van der Waals surface area contributed by atoms with Gasteiger partial charge >= 0.3 is 5.69 Å². The normalized spacial score (nSPS) is 17.7. The van der Waals surface area contributed by atoms with Crippen molar-refractivity contribution in [3.8, 4) is 0 Å². The van der Waals surface area contributed by atoms with E-state index in [-0.39, 0.29) is 17.1 Å². The number of halogens is 2. The zero-order chi connectivity index (χ0) is 21.6. The summed E-state index contributed by atoms with van der Waals surface area (Å²) in [5.74, 6) is 0.180. The molecule has 1 atom stereocenters. The highest BCUT2D eigenvalue weighted by molar-refractivity contribution is 6.31. The molecule has 1 aliphatic rings. The Hall–Kier alpha value is -2.45. The molecule has 30 heavy (non-hydrogen) atoms. The Morgan fingerprint density at radius 3 is 2.63 bits per heavy atom. The van der Waals surface area contributed by atoms with E-state index >= 15 is 0 Å². The SMILES string of the molecule is C[C@H]1CCCCN1Cc1nc2c(c(=O)n(C)c(=O)n2C)n1Cc1c(F)cccc1Cl. The van der Waals surface area contributed by atoms with Crippen LogP contribution in [0.1, 0.15) is 37.6 Å². The average molecular weight is 434 g/mol. The third-order valence-electron chi connectivity index (χ3n) is 6.09. The highest BCUT2D eigenvalue weighted by Crippen LogP contribution is 2.25. The molecule has 1 fully saturated rings. The Balaban J connectivity index is 1.92. The molecule has 4 rings (SSSR count). The van der Waals surface area contributed by atoms with Gasteiger partial charge in [-0.3, -0.25) is 18.8 Å². The molecule has 7 nitrogen and oxygen atoms in total. The number of imidazole rings is 1. The quantitative estimate of drug-likeness (QED) is 0.634. The first-order chi connectivity index (χ1) is 14.3. The van der Waals surface area contributed by atoms with Crippen molar-refractivity contribution in [2.45, 2.75) is 45.3 Å². The molecule has 2 aromatic heterocycles. The van der Waals surface area contributed by atoms with Gasteiger partial charge in [0.2, 0.25) is 0 Å². The van der Waals surface area contributed by atoms with Gasteiger partial charge in [-0.2, -0.15) is 0 Å².